The Kier molecular flexibility index (Phi) is 6.21. The second-order valence-electron chi connectivity index (χ2n) is 5.72. The van der Waals surface area contributed by atoms with E-state index in [-0.39, 0.29) is 5.82 Å². The fourth-order valence-electron chi connectivity index (χ4n) is 2.40. The number of ether oxygens (including phenoxy) is 1. The lowest BCUT2D eigenvalue weighted by molar-refractivity contribution is 0.305. The van der Waals surface area contributed by atoms with E-state index < -0.39 is 0 Å². The molecule has 0 radical (unpaired) electrons. The zero-order valence-corrected chi connectivity index (χ0v) is 15.5. The highest BCUT2D eigenvalue weighted by atomic mass is 35.5. The smallest absolute Gasteiger partial charge is 0.129 e. The van der Waals surface area contributed by atoms with E-state index in [1.807, 2.05) is 48.5 Å². The topological polar surface area (TPSA) is 21.3 Å². The highest BCUT2D eigenvalue weighted by Gasteiger charge is 2.09. The molecule has 3 aromatic carbocycles. The van der Waals surface area contributed by atoms with Crippen molar-refractivity contribution in [1.82, 2.24) is 5.32 Å². The maximum atomic E-state index is 13.0. The number of hydrogen-bond acceptors (Lipinski definition) is 2. The minimum absolute atomic E-state index is 0.253. The fraction of sp³-hybridized carbons (Fsp3) is 0.0952. The average Bonchev–Trinajstić information content (AvgIpc) is 2.67. The summed E-state index contributed by atoms with van der Waals surface area (Å²) in [6.07, 6.45) is 0. The molecule has 3 rings (SSSR count). The van der Waals surface area contributed by atoms with Gasteiger partial charge in [-0.3, -0.25) is 0 Å². The summed E-state index contributed by atoms with van der Waals surface area (Å²) in [4.78, 5) is 0.584. The molecule has 0 amide bonds. The molecule has 0 spiro atoms. The predicted molar refractivity (Wildman–Crippen MR) is 107 cm³/mol. The fourth-order valence-corrected chi connectivity index (χ4v) is 2.77. The summed E-state index contributed by atoms with van der Waals surface area (Å²) in [7, 11) is 0. The first kappa shape index (κ1) is 18.4. The third-order valence-electron chi connectivity index (χ3n) is 3.81. The van der Waals surface area contributed by atoms with Crippen LogP contribution in [0, 0.1) is 5.82 Å². The van der Waals surface area contributed by atoms with Gasteiger partial charge in [0, 0.05) is 11.6 Å². The monoisotopic (exact) mass is 385 g/mol. The van der Waals surface area contributed by atoms with Crippen LogP contribution < -0.4 is 10.1 Å². The van der Waals surface area contributed by atoms with E-state index in [0.717, 1.165) is 16.7 Å². The number of para-hydroxylation sites is 1. The number of nitrogens with one attached hydrogen (secondary N) is 1. The van der Waals surface area contributed by atoms with Gasteiger partial charge in [-0.2, -0.15) is 0 Å². The maximum Gasteiger partial charge on any atom is 0.129 e. The summed E-state index contributed by atoms with van der Waals surface area (Å²) in [5, 5.41) is 3.89. The molecule has 0 fully saturated rings. The lowest BCUT2D eigenvalue weighted by Gasteiger charge is -2.14. The predicted octanol–water partition coefficient (Wildman–Crippen LogP) is 5.52. The van der Waals surface area contributed by atoms with Gasteiger partial charge in [0.05, 0.1) is 5.56 Å². The van der Waals surface area contributed by atoms with Crippen LogP contribution in [0.5, 0.6) is 5.75 Å². The average molecular weight is 386 g/mol. The summed E-state index contributed by atoms with van der Waals surface area (Å²) in [5.74, 6) is 0.455. The van der Waals surface area contributed by atoms with E-state index in [2.05, 4.69) is 5.32 Å². The molecule has 0 saturated heterocycles. The molecule has 5 heteroatoms. The van der Waals surface area contributed by atoms with Crippen molar-refractivity contribution in [3.8, 4) is 5.75 Å². The lowest BCUT2D eigenvalue weighted by atomic mass is 10.1. The summed E-state index contributed by atoms with van der Waals surface area (Å²) < 4.78 is 18.9. The molecule has 2 nitrogen and oxygen atoms in total. The van der Waals surface area contributed by atoms with Gasteiger partial charge in [0.1, 0.15) is 23.2 Å². The van der Waals surface area contributed by atoms with Crippen LogP contribution >= 0.6 is 23.8 Å². The second kappa shape index (κ2) is 8.79. The molecule has 0 atom stereocenters. The SMILES string of the molecule is Fc1ccc(CNC(=S)c2ccccc2OCc2ccc(Cl)cc2)cc1. The van der Waals surface area contributed by atoms with Gasteiger partial charge in [0.15, 0.2) is 0 Å². The number of halogens is 2. The van der Waals surface area contributed by atoms with Crippen LogP contribution in [0.1, 0.15) is 16.7 Å². The zero-order chi connectivity index (χ0) is 18.4. The molecule has 26 heavy (non-hydrogen) atoms. The Hall–Kier alpha value is -2.43. The Labute approximate surface area is 162 Å². The largest absolute Gasteiger partial charge is 0.488 e. The first-order valence-electron chi connectivity index (χ1n) is 8.11. The molecule has 0 unspecified atom stereocenters. The van der Waals surface area contributed by atoms with E-state index in [9.17, 15) is 4.39 Å². The highest BCUT2D eigenvalue weighted by molar-refractivity contribution is 7.80. The van der Waals surface area contributed by atoms with Crippen LogP contribution in [0.3, 0.4) is 0 Å². The maximum absolute atomic E-state index is 13.0. The normalized spacial score (nSPS) is 10.4. The zero-order valence-electron chi connectivity index (χ0n) is 13.9. The van der Waals surface area contributed by atoms with Gasteiger partial charge < -0.3 is 10.1 Å². The summed E-state index contributed by atoms with van der Waals surface area (Å²) >= 11 is 11.4. The van der Waals surface area contributed by atoms with Crippen LogP contribution in [0.4, 0.5) is 4.39 Å². The molecule has 0 saturated carbocycles. The number of rotatable bonds is 6. The van der Waals surface area contributed by atoms with Crippen LogP contribution in [-0.4, -0.2) is 4.99 Å². The van der Waals surface area contributed by atoms with E-state index in [0.29, 0.717) is 28.9 Å². The van der Waals surface area contributed by atoms with Crippen LogP contribution in [0.25, 0.3) is 0 Å². The first-order chi connectivity index (χ1) is 12.6. The molecule has 1 N–H and O–H groups in total. The molecule has 0 aliphatic rings. The van der Waals surface area contributed by atoms with Crippen molar-refractivity contribution in [3.05, 3.63) is 100 Å². The Morgan fingerprint density at radius 1 is 0.923 bits per heavy atom. The van der Waals surface area contributed by atoms with Crippen molar-refractivity contribution in [1.29, 1.82) is 0 Å². The Balaban J connectivity index is 1.64. The minimum Gasteiger partial charge on any atom is -0.488 e. The van der Waals surface area contributed by atoms with E-state index in [4.69, 9.17) is 28.6 Å². The third kappa shape index (κ3) is 5.04. The Morgan fingerprint density at radius 2 is 1.58 bits per heavy atom. The molecule has 0 aliphatic heterocycles. The van der Waals surface area contributed by atoms with Gasteiger partial charge in [-0.25, -0.2) is 4.39 Å². The van der Waals surface area contributed by atoms with Gasteiger partial charge in [-0.15, -0.1) is 0 Å². The van der Waals surface area contributed by atoms with Crippen molar-refractivity contribution in [2.24, 2.45) is 0 Å². The van der Waals surface area contributed by atoms with Crippen LogP contribution in [0.15, 0.2) is 72.8 Å². The molecule has 132 valence electrons. The Bertz CT molecular complexity index is 881. The highest BCUT2D eigenvalue weighted by Crippen LogP contribution is 2.20. The van der Waals surface area contributed by atoms with Crippen LogP contribution in [-0.2, 0) is 13.2 Å². The van der Waals surface area contributed by atoms with Crippen molar-refractivity contribution >= 4 is 28.8 Å². The van der Waals surface area contributed by atoms with Gasteiger partial charge >= 0.3 is 0 Å². The van der Waals surface area contributed by atoms with Gasteiger partial charge in [-0.05, 0) is 47.5 Å². The molecule has 0 bridgehead atoms. The van der Waals surface area contributed by atoms with Gasteiger partial charge in [-0.1, -0.05) is 60.2 Å². The summed E-state index contributed by atoms with van der Waals surface area (Å²) in [6, 6.07) is 21.5. The van der Waals surface area contributed by atoms with Gasteiger partial charge in [0.2, 0.25) is 0 Å². The van der Waals surface area contributed by atoms with Gasteiger partial charge in [0.25, 0.3) is 0 Å². The Morgan fingerprint density at radius 3 is 2.31 bits per heavy atom. The number of thiocarbonyl (C=S) groups is 1. The quantitative estimate of drug-likeness (QED) is 0.564. The number of hydrogen-bond donors (Lipinski definition) is 1. The summed E-state index contributed by atoms with van der Waals surface area (Å²) in [6.45, 7) is 0.944. The summed E-state index contributed by atoms with van der Waals surface area (Å²) in [5.41, 5.74) is 2.79. The molecular weight excluding hydrogens is 369 g/mol. The van der Waals surface area contributed by atoms with Crippen molar-refractivity contribution < 1.29 is 9.13 Å². The molecule has 0 heterocycles. The van der Waals surface area contributed by atoms with Crippen molar-refractivity contribution in [2.45, 2.75) is 13.2 Å². The van der Waals surface area contributed by atoms with E-state index >= 15 is 0 Å². The van der Waals surface area contributed by atoms with E-state index in [1.54, 1.807) is 12.1 Å². The van der Waals surface area contributed by atoms with Crippen LogP contribution in [0.2, 0.25) is 5.02 Å². The van der Waals surface area contributed by atoms with Crippen molar-refractivity contribution in [2.75, 3.05) is 0 Å². The molecular formula is C21H17ClFNOS. The van der Waals surface area contributed by atoms with Crippen molar-refractivity contribution in [3.63, 3.8) is 0 Å². The molecule has 0 aliphatic carbocycles. The minimum atomic E-state index is -0.253. The number of benzene rings is 3. The van der Waals surface area contributed by atoms with E-state index in [1.165, 1.54) is 12.1 Å². The standard InChI is InChI=1S/C21H17ClFNOS/c22-17-9-5-16(6-10-17)14-25-20-4-2-1-3-19(20)21(26)24-13-15-7-11-18(23)12-8-15/h1-12H,13-14H2,(H,24,26). The third-order valence-corrected chi connectivity index (χ3v) is 4.42. The lowest BCUT2D eigenvalue weighted by Crippen LogP contribution is -2.22. The molecule has 0 aromatic heterocycles. The second-order valence-corrected chi connectivity index (χ2v) is 6.57. The first-order valence-corrected chi connectivity index (χ1v) is 8.89. The molecule has 3 aromatic rings.